The molecular weight excluding hydrogens is 608 g/mol. The van der Waals surface area contributed by atoms with Crippen molar-refractivity contribution in [3.63, 3.8) is 0 Å². The first-order chi connectivity index (χ1) is 23.2. The number of rotatable bonds is 35. The van der Waals surface area contributed by atoms with Gasteiger partial charge < -0.3 is 20.1 Å². The predicted octanol–water partition coefficient (Wildman–Crippen LogP) is 11.1. The summed E-state index contributed by atoms with van der Waals surface area (Å²) in [6.07, 6.45) is 31.5. The first kappa shape index (κ1) is 45.4. The highest BCUT2D eigenvalue weighted by Gasteiger charge is 2.31. The van der Waals surface area contributed by atoms with Crippen molar-refractivity contribution in [2.75, 3.05) is 0 Å². The highest BCUT2D eigenvalue weighted by molar-refractivity contribution is 5.79. The lowest BCUT2D eigenvalue weighted by Crippen LogP contribution is -2.31. The summed E-state index contributed by atoms with van der Waals surface area (Å²) in [5, 5.41) is 27.4. The summed E-state index contributed by atoms with van der Waals surface area (Å²) in [5.41, 5.74) is 0. The molecule has 3 unspecified atom stereocenters. The van der Waals surface area contributed by atoms with E-state index < -0.39 is 29.8 Å². The number of carboxylic acid groups (broad SMARTS) is 3. The van der Waals surface area contributed by atoms with Gasteiger partial charge in [-0.25, -0.2) is 0 Å². The average Bonchev–Trinajstić information content (AvgIpc) is 3.04. The number of carboxylic acids is 3. The number of carbonyl (C=O) groups excluding carboxylic acids is 1. The van der Waals surface area contributed by atoms with Gasteiger partial charge >= 0.3 is 23.9 Å². The number of unbranched alkanes of at least 4 members (excludes halogenated alkanes) is 17. The number of aliphatic carboxylic acids is 3. The van der Waals surface area contributed by atoms with E-state index in [1.165, 1.54) is 19.3 Å². The molecule has 0 bridgehead atoms. The molecule has 0 aromatic carbocycles. The van der Waals surface area contributed by atoms with E-state index in [0.717, 1.165) is 122 Å². The number of esters is 1. The number of hydrogen-bond acceptors (Lipinski definition) is 5. The van der Waals surface area contributed by atoms with Crippen LogP contribution in [-0.4, -0.2) is 45.3 Å². The third-order valence-electron chi connectivity index (χ3n) is 8.99. The third-order valence-corrected chi connectivity index (χ3v) is 8.99. The van der Waals surface area contributed by atoms with E-state index in [4.69, 9.17) is 14.9 Å². The van der Waals surface area contributed by atoms with Gasteiger partial charge in [-0.15, -0.1) is 0 Å². The van der Waals surface area contributed by atoms with Crippen molar-refractivity contribution in [1.29, 1.82) is 0 Å². The first-order valence-electron chi connectivity index (χ1n) is 19.4. The summed E-state index contributed by atoms with van der Waals surface area (Å²) in [5.74, 6) is -3.81. The molecule has 0 fully saturated rings. The Bertz CT molecular complexity index is 880. The summed E-state index contributed by atoms with van der Waals surface area (Å²) in [7, 11) is 0. The molecule has 0 aromatic heterocycles. The minimum Gasteiger partial charge on any atom is -0.481 e. The minimum absolute atomic E-state index is 0.196. The number of allylic oxidation sites excluding steroid dienone is 3. The average molecular weight is 679 g/mol. The largest absolute Gasteiger partial charge is 0.481 e. The predicted molar refractivity (Wildman–Crippen MR) is 194 cm³/mol. The van der Waals surface area contributed by atoms with E-state index in [1.54, 1.807) is 0 Å². The van der Waals surface area contributed by atoms with E-state index >= 15 is 0 Å². The minimum atomic E-state index is -0.987. The zero-order valence-corrected chi connectivity index (χ0v) is 30.5. The summed E-state index contributed by atoms with van der Waals surface area (Å²) in [6.45, 7) is 4.36. The van der Waals surface area contributed by atoms with E-state index in [9.17, 15) is 24.3 Å². The normalized spacial score (nSPS) is 13.5. The van der Waals surface area contributed by atoms with E-state index in [2.05, 4.69) is 38.2 Å². The molecule has 0 saturated heterocycles. The second kappa shape index (κ2) is 32.9. The first-order valence-corrected chi connectivity index (χ1v) is 19.4. The van der Waals surface area contributed by atoms with Crippen LogP contribution in [0.3, 0.4) is 0 Å². The van der Waals surface area contributed by atoms with Crippen LogP contribution in [0.4, 0.5) is 0 Å². The standard InChI is InChI=1S/C40H70O8/c1-3-5-7-9-16-21-27-34(28-22-17-14-15-20-26-32-38(43)44)36(33-39(45)46)40(47)48-35(29-23-8-6-4-2)30-24-18-12-10-11-13-19-25-31-37(41)42/h18,22,24,28,34-36H,3-17,19-21,23,25-27,29-33H2,1-2H3,(H,41,42)(H,43,44)(H,45,46). The Hall–Kier alpha value is -2.64. The molecule has 0 aliphatic heterocycles. The molecule has 0 aliphatic carbocycles. The molecule has 8 nitrogen and oxygen atoms in total. The monoisotopic (exact) mass is 679 g/mol. The molecule has 0 aliphatic rings. The topological polar surface area (TPSA) is 138 Å². The van der Waals surface area contributed by atoms with E-state index in [0.29, 0.717) is 12.8 Å². The Morgan fingerprint density at radius 2 is 1.02 bits per heavy atom. The van der Waals surface area contributed by atoms with Crippen LogP contribution in [0.1, 0.15) is 187 Å². The molecule has 8 heteroatoms. The van der Waals surface area contributed by atoms with Gasteiger partial charge in [0, 0.05) is 19.3 Å². The maximum Gasteiger partial charge on any atom is 0.310 e. The van der Waals surface area contributed by atoms with Crippen LogP contribution in [0.15, 0.2) is 24.3 Å². The smallest absolute Gasteiger partial charge is 0.310 e. The quantitative estimate of drug-likeness (QED) is 0.0342. The van der Waals surface area contributed by atoms with Crippen LogP contribution < -0.4 is 0 Å². The Morgan fingerprint density at radius 3 is 1.58 bits per heavy atom. The van der Waals surface area contributed by atoms with Crippen LogP contribution in [0, 0.1) is 11.8 Å². The molecule has 3 atom stereocenters. The van der Waals surface area contributed by atoms with Gasteiger partial charge in [-0.05, 0) is 63.7 Å². The molecule has 0 rings (SSSR count). The Kier molecular flexibility index (Phi) is 31.1. The van der Waals surface area contributed by atoms with Crippen molar-refractivity contribution in [2.24, 2.45) is 11.8 Å². The fourth-order valence-corrected chi connectivity index (χ4v) is 6.06. The molecule has 48 heavy (non-hydrogen) atoms. The van der Waals surface area contributed by atoms with Crippen molar-refractivity contribution >= 4 is 23.9 Å². The van der Waals surface area contributed by atoms with Gasteiger partial charge in [0.15, 0.2) is 0 Å². The second-order valence-corrected chi connectivity index (χ2v) is 13.5. The molecule has 0 heterocycles. The zero-order chi connectivity index (χ0) is 35.7. The summed E-state index contributed by atoms with van der Waals surface area (Å²) in [4.78, 5) is 47.1. The lowest BCUT2D eigenvalue weighted by molar-refractivity contribution is -0.159. The third kappa shape index (κ3) is 29.5. The molecule has 0 amide bonds. The molecule has 0 spiro atoms. The number of carbonyl (C=O) groups is 4. The van der Waals surface area contributed by atoms with Crippen molar-refractivity contribution in [3.8, 4) is 0 Å². The van der Waals surface area contributed by atoms with Gasteiger partial charge in [-0.2, -0.15) is 0 Å². The SMILES string of the molecule is CCCCCCCCC(C=CCCCCCCC(=O)O)C(CC(=O)O)C(=O)OC(CC=CCCCCCCCC(=O)O)CCCCCC. The number of ether oxygens (including phenoxy) is 1. The Labute approximate surface area is 292 Å². The van der Waals surface area contributed by atoms with Gasteiger partial charge in [-0.1, -0.05) is 128 Å². The van der Waals surface area contributed by atoms with Crippen LogP contribution in [0.2, 0.25) is 0 Å². The lowest BCUT2D eigenvalue weighted by Gasteiger charge is -2.25. The van der Waals surface area contributed by atoms with Crippen molar-refractivity contribution in [1.82, 2.24) is 0 Å². The fraction of sp³-hybridized carbons (Fsp3) is 0.800. The van der Waals surface area contributed by atoms with Crippen molar-refractivity contribution in [2.45, 2.75) is 193 Å². The molecular formula is C40H70O8. The maximum atomic E-state index is 13.7. The lowest BCUT2D eigenvalue weighted by atomic mass is 9.84. The molecule has 0 aromatic rings. The van der Waals surface area contributed by atoms with Crippen LogP contribution in [-0.2, 0) is 23.9 Å². The Morgan fingerprint density at radius 1 is 0.542 bits per heavy atom. The van der Waals surface area contributed by atoms with E-state index in [1.807, 2.05) is 0 Å². The van der Waals surface area contributed by atoms with Crippen molar-refractivity contribution in [3.05, 3.63) is 24.3 Å². The van der Waals surface area contributed by atoms with Gasteiger partial charge in [-0.3, -0.25) is 19.2 Å². The Balaban J connectivity index is 5.37. The fourth-order valence-electron chi connectivity index (χ4n) is 6.06. The molecule has 0 radical (unpaired) electrons. The number of hydrogen-bond donors (Lipinski definition) is 3. The summed E-state index contributed by atoms with van der Waals surface area (Å²) >= 11 is 0. The van der Waals surface area contributed by atoms with E-state index in [-0.39, 0.29) is 31.3 Å². The van der Waals surface area contributed by atoms with Crippen LogP contribution >= 0.6 is 0 Å². The van der Waals surface area contributed by atoms with Crippen LogP contribution in [0.25, 0.3) is 0 Å². The van der Waals surface area contributed by atoms with Gasteiger partial charge in [0.05, 0.1) is 12.3 Å². The van der Waals surface area contributed by atoms with Crippen LogP contribution in [0.5, 0.6) is 0 Å². The second-order valence-electron chi connectivity index (χ2n) is 13.5. The van der Waals surface area contributed by atoms with Crippen molar-refractivity contribution < 1.29 is 39.2 Å². The highest BCUT2D eigenvalue weighted by atomic mass is 16.5. The molecule has 0 saturated carbocycles. The zero-order valence-electron chi connectivity index (χ0n) is 30.5. The molecule has 3 N–H and O–H groups in total. The van der Waals surface area contributed by atoms with Gasteiger partial charge in [0.2, 0.25) is 0 Å². The van der Waals surface area contributed by atoms with Gasteiger partial charge in [0.1, 0.15) is 6.10 Å². The summed E-state index contributed by atoms with van der Waals surface area (Å²) in [6, 6.07) is 0. The highest BCUT2D eigenvalue weighted by Crippen LogP contribution is 2.28. The summed E-state index contributed by atoms with van der Waals surface area (Å²) < 4.78 is 6.13. The maximum absolute atomic E-state index is 13.7. The van der Waals surface area contributed by atoms with Gasteiger partial charge in [0.25, 0.3) is 0 Å². The molecule has 278 valence electrons.